The van der Waals surface area contributed by atoms with Gasteiger partial charge in [0.1, 0.15) is 11.6 Å². The molecule has 1 amide bonds. The Hall–Kier alpha value is -4.78. The zero-order chi connectivity index (χ0) is 29.0. The molecule has 0 saturated heterocycles. The third-order valence-electron chi connectivity index (χ3n) is 6.95. The van der Waals surface area contributed by atoms with Crippen molar-refractivity contribution in [2.45, 2.75) is 46.0 Å². The molecule has 0 radical (unpaired) electrons. The number of aromatic nitrogens is 3. The van der Waals surface area contributed by atoms with Gasteiger partial charge in [-0.3, -0.25) is 14.6 Å². The summed E-state index contributed by atoms with van der Waals surface area (Å²) in [7, 11) is 0. The van der Waals surface area contributed by atoms with Gasteiger partial charge < -0.3 is 10.1 Å². The van der Waals surface area contributed by atoms with Crippen LogP contribution in [0, 0.1) is 6.92 Å². The van der Waals surface area contributed by atoms with Crippen LogP contribution < -0.4 is 10.1 Å². The van der Waals surface area contributed by atoms with Gasteiger partial charge in [-0.15, -0.1) is 0 Å². The smallest absolute Gasteiger partial charge is 0.297 e. The van der Waals surface area contributed by atoms with Gasteiger partial charge in [-0.1, -0.05) is 62.7 Å². The van der Waals surface area contributed by atoms with Crippen molar-refractivity contribution in [2.24, 2.45) is 0 Å². The molecular formula is C34H34N4O3. The molecule has 0 spiro atoms. The van der Waals surface area contributed by atoms with E-state index in [1.807, 2.05) is 73.7 Å². The van der Waals surface area contributed by atoms with Crippen molar-refractivity contribution in [1.82, 2.24) is 14.8 Å². The number of aryl methyl sites for hydroxylation is 2. The second-order valence-electron chi connectivity index (χ2n) is 11.2. The van der Waals surface area contributed by atoms with Crippen molar-refractivity contribution in [2.75, 3.05) is 11.9 Å². The number of ether oxygens (including phenoxy) is 1. The summed E-state index contributed by atoms with van der Waals surface area (Å²) >= 11 is 0. The highest BCUT2D eigenvalue weighted by atomic mass is 16.5. The fourth-order valence-corrected chi connectivity index (χ4v) is 4.62. The highest BCUT2D eigenvalue weighted by Crippen LogP contribution is 2.30. The predicted octanol–water partition coefficient (Wildman–Crippen LogP) is 6.86. The summed E-state index contributed by atoms with van der Waals surface area (Å²) in [6.07, 6.45) is 5.30. The van der Waals surface area contributed by atoms with Gasteiger partial charge >= 0.3 is 0 Å². The molecular weight excluding hydrogens is 512 g/mol. The Labute approximate surface area is 240 Å². The van der Waals surface area contributed by atoms with Gasteiger partial charge in [0, 0.05) is 34.8 Å². The molecule has 41 heavy (non-hydrogen) atoms. The Bertz CT molecular complexity index is 1680. The number of hydrogen-bond donors (Lipinski definition) is 1. The predicted molar refractivity (Wildman–Crippen MR) is 162 cm³/mol. The number of carbonyl (C=O) groups excluding carboxylic acids is 2. The van der Waals surface area contributed by atoms with Crippen LogP contribution in [0.25, 0.3) is 16.5 Å². The normalized spacial score (nSPS) is 11.4. The van der Waals surface area contributed by atoms with Crippen molar-refractivity contribution in [3.63, 3.8) is 0 Å². The van der Waals surface area contributed by atoms with Gasteiger partial charge in [0.25, 0.3) is 11.7 Å². The lowest BCUT2D eigenvalue weighted by Crippen LogP contribution is -2.24. The zero-order valence-electron chi connectivity index (χ0n) is 23.8. The quantitative estimate of drug-likeness (QED) is 0.124. The minimum Gasteiger partial charge on any atom is -0.493 e. The molecule has 7 nitrogen and oxygen atoms in total. The fraction of sp³-hybridized carbons (Fsp3) is 0.235. The van der Waals surface area contributed by atoms with Crippen LogP contribution in [0.1, 0.15) is 54.4 Å². The van der Waals surface area contributed by atoms with E-state index in [2.05, 4.69) is 31.1 Å². The Morgan fingerprint density at radius 2 is 1.61 bits per heavy atom. The Morgan fingerprint density at radius 1 is 0.902 bits per heavy atom. The van der Waals surface area contributed by atoms with Gasteiger partial charge in [0.2, 0.25) is 0 Å². The number of benzene rings is 3. The average Bonchev–Trinajstić information content (AvgIpc) is 3.40. The first-order valence-corrected chi connectivity index (χ1v) is 13.8. The van der Waals surface area contributed by atoms with E-state index >= 15 is 0 Å². The van der Waals surface area contributed by atoms with Crippen LogP contribution in [0.3, 0.4) is 0 Å². The van der Waals surface area contributed by atoms with Crippen LogP contribution in [-0.2, 0) is 16.6 Å². The van der Waals surface area contributed by atoms with Gasteiger partial charge in [-0.25, -0.2) is 4.68 Å². The monoisotopic (exact) mass is 546 g/mol. The fourth-order valence-electron chi connectivity index (χ4n) is 4.62. The van der Waals surface area contributed by atoms with E-state index in [9.17, 15) is 9.59 Å². The molecule has 1 N–H and O–H groups in total. The van der Waals surface area contributed by atoms with Crippen molar-refractivity contribution in [3.05, 3.63) is 114 Å². The average molecular weight is 547 g/mol. The molecule has 2 aromatic heterocycles. The number of pyridine rings is 1. The Morgan fingerprint density at radius 3 is 2.32 bits per heavy atom. The molecule has 0 atom stereocenters. The second kappa shape index (κ2) is 11.8. The number of nitrogens with zero attached hydrogens (tertiary/aromatic N) is 3. The molecule has 5 rings (SSSR count). The molecule has 0 aliphatic rings. The number of carbonyl (C=O) groups is 2. The molecule has 2 heterocycles. The van der Waals surface area contributed by atoms with Gasteiger partial charge in [-0.2, -0.15) is 5.10 Å². The van der Waals surface area contributed by atoms with Crippen LogP contribution in [0.2, 0.25) is 0 Å². The van der Waals surface area contributed by atoms with Crippen LogP contribution in [0.5, 0.6) is 5.75 Å². The number of fused-ring (bicyclic) bond motifs is 1. The summed E-state index contributed by atoms with van der Waals surface area (Å²) in [5.41, 5.74) is 4.00. The van der Waals surface area contributed by atoms with Gasteiger partial charge in [-0.05, 0) is 67.1 Å². The minimum atomic E-state index is -0.727. The largest absolute Gasteiger partial charge is 0.493 e. The zero-order valence-corrected chi connectivity index (χ0v) is 23.8. The lowest BCUT2D eigenvalue weighted by atomic mass is 9.92. The van der Waals surface area contributed by atoms with Gasteiger partial charge in [0.15, 0.2) is 0 Å². The van der Waals surface area contributed by atoms with E-state index in [0.717, 1.165) is 35.2 Å². The minimum absolute atomic E-state index is 0.246. The van der Waals surface area contributed by atoms with Crippen molar-refractivity contribution >= 4 is 28.3 Å². The highest BCUT2D eigenvalue weighted by molar-refractivity contribution is 6.48. The molecule has 0 unspecified atom stereocenters. The first-order chi connectivity index (χ1) is 19.7. The molecule has 5 aromatic rings. The van der Waals surface area contributed by atoms with E-state index in [-0.39, 0.29) is 5.41 Å². The molecule has 7 heteroatoms. The standard InChI is InChI=1S/C34H34N4O3/c1-23-11-13-25(14-12-23)38-31(22-30(37-38)34(2,3)4)36-33(40)32(39)28-15-16-29(27-10-6-5-9-26(27)28)41-21-7-8-24-17-19-35-20-18-24/h5-6,9-20,22H,7-8,21H2,1-4H3,(H,36,40). The SMILES string of the molecule is Cc1ccc(-n2nc(C(C)(C)C)cc2NC(=O)C(=O)c2ccc(OCCCc3ccncc3)c3ccccc23)cc1. The number of amides is 1. The number of Topliss-reactive ketones (excluding diaryl/α,β-unsaturated/α-hetero) is 1. The van der Waals surface area contributed by atoms with E-state index in [0.29, 0.717) is 29.1 Å². The maximum atomic E-state index is 13.5. The first kappa shape index (κ1) is 27.8. The van der Waals surface area contributed by atoms with Crippen molar-refractivity contribution in [3.8, 4) is 11.4 Å². The number of nitrogens with one attached hydrogen (secondary N) is 1. The van der Waals surface area contributed by atoms with Gasteiger partial charge in [0.05, 0.1) is 18.0 Å². The highest BCUT2D eigenvalue weighted by Gasteiger charge is 2.25. The summed E-state index contributed by atoms with van der Waals surface area (Å²) in [5.74, 6) is -0.232. The maximum absolute atomic E-state index is 13.5. The lowest BCUT2D eigenvalue weighted by Gasteiger charge is -2.14. The third-order valence-corrected chi connectivity index (χ3v) is 6.95. The Balaban J connectivity index is 1.36. The number of rotatable bonds is 9. The van der Waals surface area contributed by atoms with E-state index < -0.39 is 11.7 Å². The maximum Gasteiger partial charge on any atom is 0.297 e. The number of anilines is 1. The molecule has 0 saturated carbocycles. The lowest BCUT2D eigenvalue weighted by molar-refractivity contribution is -0.112. The summed E-state index contributed by atoms with van der Waals surface area (Å²) in [4.78, 5) is 30.9. The van der Waals surface area contributed by atoms with Crippen LogP contribution in [0.4, 0.5) is 5.82 Å². The number of ketones is 1. The second-order valence-corrected chi connectivity index (χ2v) is 11.2. The van der Waals surface area contributed by atoms with Crippen molar-refractivity contribution in [1.29, 1.82) is 0 Å². The van der Waals surface area contributed by atoms with Crippen LogP contribution in [-0.4, -0.2) is 33.1 Å². The topological polar surface area (TPSA) is 86.1 Å². The van der Waals surface area contributed by atoms with Crippen molar-refractivity contribution < 1.29 is 14.3 Å². The summed E-state index contributed by atoms with van der Waals surface area (Å²) < 4.78 is 7.77. The van der Waals surface area contributed by atoms with E-state index in [1.54, 1.807) is 29.2 Å². The van der Waals surface area contributed by atoms with Crippen LogP contribution >= 0.6 is 0 Å². The summed E-state index contributed by atoms with van der Waals surface area (Å²) in [6, 6.07) is 24.6. The molecule has 0 fully saturated rings. The molecule has 208 valence electrons. The Kier molecular flexibility index (Phi) is 7.97. The molecule has 0 aliphatic heterocycles. The molecule has 0 aliphatic carbocycles. The van der Waals surface area contributed by atoms with E-state index in [1.165, 1.54) is 5.56 Å². The summed E-state index contributed by atoms with van der Waals surface area (Å²) in [6.45, 7) is 8.71. The summed E-state index contributed by atoms with van der Waals surface area (Å²) in [5, 5.41) is 9.04. The molecule has 3 aromatic carbocycles. The molecule has 0 bridgehead atoms. The number of hydrogen-bond acceptors (Lipinski definition) is 5. The first-order valence-electron chi connectivity index (χ1n) is 13.8. The van der Waals surface area contributed by atoms with E-state index in [4.69, 9.17) is 9.84 Å². The van der Waals surface area contributed by atoms with Crippen LogP contribution in [0.15, 0.2) is 91.3 Å². The third kappa shape index (κ3) is 6.35.